The molecule has 0 saturated carbocycles. The third-order valence-corrected chi connectivity index (χ3v) is 4.49. The van der Waals surface area contributed by atoms with Crippen LogP contribution in [-0.4, -0.2) is 16.9 Å². The number of anilines is 1. The van der Waals surface area contributed by atoms with Crippen molar-refractivity contribution < 1.29 is 14.3 Å². The Labute approximate surface area is 156 Å². The number of hydrogen-bond donors (Lipinski definition) is 2. The van der Waals surface area contributed by atoms with Crippen molar-refractivity contribution >= 4 is 29.2 Å². The van der Waals surface area contributed by atoms with Gasteiger partial charge in [0.1, 0.15) is 12.3 Å². The van der Waals surface area contributed by atoms with Crippen molar-refractivity contribution in [3.8, 4) is 0 Å². The predicted molar refractivity (Wildman–Crippen MR) is 104 cm³/mol. The van der Waals surface area contributed by atoms with Crippen LogP contribution < -0.4 is 5.32 Å². The number of ether oxygens (including phenoxy) is 1. The van der Waals surface area contributed by atoms with Crippen LogP contribution >= 0.6 is 0 Å². The number of aryl methyl sites for hydroxylation is 1. The summed E-state index contributed by atoms with van der Waals surface area (Å²) in [5.41, 5.74) is 5.08. The molecule has 0 bridgehead atoms. The first kappa shape index (κ1) is 16.8. The number of para-hydroxylation sites is 1. The molecule has 0 spiro atoms. The first-order chi connectivity index (χ1) is 13.1. The third-order valence-electron chi connectivity index (χ3n) is 4.49. The van der Waals surface area contributed by atoms with Crippen LogP contribution in [0.3, 0.4) is 0 Å². The van der Waals surface area contributed by atoms with E-state index < -0.39 is 5.97 Å². The lowest BCUT2D eigenvalue weighted by atomic mass is 10.1. The van der Waals surface area contributed by atoms with Crippen molar-refractivity contribution in [3.63, 3.8) is 0 Å². The van der Waals surface area contributed by atoms with Gasteiger partial charge in [0.15, 0.2) is 0 Å². The molecular weight excluding hydrogens is 340 g/mol. The quantitative estimate of drug-likeness (QED) is 0.543. The number of H-pyrrole nitrogens is 1. The summed E-state index contributed by atoms with van der Waals surface area (Å²) in [5, 5.41) is 2.84. The number of carbonyl (C=O) groups is 2. The molecule has 2 N–H and O–H groups in total. The Kier molecular flexibility index (Phi) is 4.34. The largest absolute Gasteiger partial charge is 0.456 e. The molecule has 0 saturated heterocycles. The smallest absolute Gasteiger partial charge is 0.355 e. The lowest BCUT2D eigenvalue weighted by Gasteiger charge is -2.03. The SMILES string of the molecule is Cc1cc(C(=O)OCc2ccccc2)[nH]c1/C=C1/C(=O)Nc2ccccc21. The Hall–Kier alpha value is -3.60. The van der Waals surface area contributed by atoms with Crippen molar-refractivity contribution in [1.29, 1.82) is 0 Å². The number of fused-ring (bicyclic) bond motifs is 1. The van der Waals surface area contributed by atoms with Gasteiger partial charge in [0.25, 0.3) is 5.91 Å². The zero-order valence-corrected chi connectivity index (χ0v) is 14.8. The zero-order chi connectivity index (χ0) is 18.8. The molecule has 2 aromatic carbocycles. The molecule has 1 aromatic heterocycles. The van der Waals surface area contributed by atoms with Gasteiger partial charge in [0.05, 0.1) is 5.57 Å². The zero-order valence-electron chi connectivity index (χ0n) is 14.8. The van der Waals surface area contributed by atoms with Gasteiger partial charge in [-0.2, -0.15) is 0 Å². The Morgan fingerprint density at radius 1 is 1.07 bits per heavy atom. The van der Waals surface area contributed by atoms with Gasteiger partial charge < -0.3 is 15.0 Å². The molecule has 0 radical (unpaired) electrons. The number of aromatic amines is 1. The standard InChI is InChI=1S/C22H18N2O3/c1-14-11-20(22(26)27-13-15-7-3-2-4-8-15)23-19(14)12-17-16-9-5-6-10-18(16)24-21(17)25/h2-12,23H,13H2,1H3,(H,24,25)/b17-12+. The molecule has 2 heterocycles. The lowest BCUT2D eigenvalue weighted by Crippen LogP contribution is -2.06. The summed E-state index contributed by atoms with van der Waals surface area (Å²) in [4.78, 5) is 27.7. The maximum atomic E-state index is 12.3. The Balaban J connectivity index is 1.55. The molecule has 0 aliphatic carbocycles. The fraction of sp³-hybridized carbons (Fsp3) is 0.0909. The first-order valence-corrected chi connectivity index (χ1v) is 8.65. The lowest BCUT2D eigenvalue weighted by molar-refractivity contribution is -0.110. The second-order valence-corrected chi connectivity index (χ2v) is 6.40. The topological polar surface area (TPSA) is 71.2 Å². The van der Waals surface area contributed by atoms with E-state index in [0.717, 1.165) is 22.4 Å². The molecule has 1 amide bonds. The summed E-state index contributed by atoms with van der Waals surface area (Å²) in [6.07, 6.45) is 1.77. The number of aromatic nitrogens is 1. The van der Waals surface area contributed by atoms with Crippen molar-refractivity contribution in [1.82, 2.24) is 4.98 Å². The molecule has 27 heavy (non-hydrogen) atoms. The summed E-state index contributed by atoms with van der Waals surface area (Å²) >= 11 is 0. The maximum absolute atomic E-state index is 12.3. The van der Waals surface area contributed by atoms with E-state index >= 15 is 0 Å². The highest BCUT2D eigenvalue weighted by molar-refractivity contribution is 6.34. The van der Waals surface area contributed by atoms with Gasteiger partial charge in [-0.25, -0.2) is 4.79 Å². The molecule has 0 fully saturated rings. The number of nitrogens with one attached hydrogen (secondary N) is 2. The highest BCUT2D eigenvalue weighted by atomic mass is 16.5. The molecule has 0 unspecified atom stereocenters. The molecular formula is C22H18N2O3. The summed E-state index contributed by atoms with van der Waals surface area (Å²) < 4.78 is 5.36. The highest BCUT2D eigenvalue weighted by Gasteiger charge is 2.24. The normalized spacial score (nSPS) is 14.1. The Morgan fingerprint density at radius 3 is 2.63 bits per heavy atom. The molecule has 5 heteroatoms. The summed E-state index contributed by atoms with van der Waals surface area (Å²) in [5.74, 6) is -0.582. The van der Waals surface area contributed by atoms with E-state index in [1.807, 2.05) is 61.5 Å². The van der Waals surface area contributed by atoms with Gasteiger partial charge in [-0.3, -0.25) is 4.79 Å². The summed E-state index contributed by atoms with van der Waals surface area (Å²) in [6, 6.07) is 18.8. The molecule has 134 valence electrons. The first-order valence-electron chi connectivity index (χ1n) is 8.65. The predicted octanol–water partition coefficient (Wildman–Crippen LogP) is 4.17. The van der Waals surface area contributed by atoms with Gasteiger partial charge in [0, 0.05) is 16.9 Å². The van der Waals surface area contributed by atoms with Crippen molar-refractivity contribution in [2.45, 2.75) is 13.5 Å². The Morgan fingerprint density at radius 2 is 1.81 bits per heavy atom. The van der Waals surface area contributed by atoms with Crippen LogP contribution in [0.25, 0.3) is 11.6 Å². The highest BCUT2D eigenvalue weighted by Crippen LogP contribution is 2.33. The molecule has 3 aromatic rings. The maximum Gasteiger partial charge on any atom is 0.355 e. The van der Waals surface area contributed by atoms with E-state index in [1.165, 1.54) is 0 Å². The number of esters is 1. The average Bonchev–Trinajstić information content (AvgIpc) is 3.21. The molecule has 1 aliphatic heterocycles. The number of carbonyl (C=O) groups excluding carboxylic acids is 2. The van der Waals surface area contributed by atoms with Crippen LogP contribution in [0.1, 0.15) is 32.9 Å². The summed E-state index contributed by atoms with van der Waals surface area (Å²) in [6.45, 7) is 2.10. The van der Waals surface area contributed by atoms with Crippen LogP contribution in [0, 0.1) is 6.92 Å². The van der Waals surface area contributed by atoms with Gasteiger partial charge in [-0.05, 0) is 36.3 Å². The number of amides is 1. The average molecular weight is 358 g/mol. The van der Waals surface area contributed by atoms with Crippen molar-refractivity contribution in [2.75, 3.05) is 5.32 Å². The third kappa shape index (κ3) is 3.40. The fourth-order valence-corrected chi connectivity index (χ4v) is 3.06. The van der Waals surface area contributed by atoms with E-state index in [9.17, 15) is 9.59 Å². The summed E-state index contributed by atoms with van der Waals surface area (Å²) in [7, 11) is 0. The van der Waals surface area contributed by atoms with E-state index in [-0.39, 0.29) is 12.5 Å². The van der Waals surface area contributed by atoms with Crippen LogP contribution in [0.15, 0.2) is 60.7 Å². The van der Waals surface area contributed by atoms with Gasteiger partial charge in [-0.15, -0.1) is 0 Å². The minimum Gasteiger partial charge on any atom is -0.456 e. The van der Waals surface area contributed by atoms with E-state index in [0.29, 0.717) is 17.0 Å². The van der Waals surface area contributed by atoms with Crippen LogP contribution in [0.5, 0.6) is 0 Å². The molecule has 1 aliphatic rings. The van der Waals surface area contributed by atoms with Crippen LogP contribution in [-0.2, 0) is 16.1 Å². The van der Waals surface area contributed by atoms with Crippen molar-refractivity contribution in [2.24, 2.45) is 0 Å². The fourth-order valence-electron chi connectivity index (χ4n) is 3.06. The second-order valence-electron chi connectivity index (χ2n) is 6.40. The molecule has 4 rings (SSSR count). The van der Waals surface area contributed by atoms with E-state index in [2.05, 4.69) is 10.3 Å². The Bertz CT molecular complexity index is 1050. The van der Waals surface area contributed by atoms with Crippen LogP contribution in [0.4, 0.5) is 5.69 Å². The van der Waals surface area contributed by atoms with Gasteiger partial charge in [-0.1, -0.05) is 48.5 Å². The van der Waals surface area contributed by atoms with Crippen molar-refractivity contribution in [3.05, 3.63) is 88.7 Å². The van der Waals surface area contributed by atoms with Gasteiger partial charge >= 0.3 is 5.97 Å². The van der Waals surface area contributed by atoms with E-state index in [1.54, 1.807) is 12.1 Å². The van der Waals surface area contributed by atoms with E-state index in [4.69, 9.17) is 4.74 Å². The number of hydrogen-bond acceptors (Lipinski definition) is 3. The van der Waals surface area contributed by atoms with Crippen LogP contribution in [0.2, 0.25) is 0 Å². The monoisotopic (exact) mass is 358 g/mol. The molecule has 5 nitrogen and oxygen atoms in total. The number of benzene rings is 2. The number of rotatable bonds is 4. The van der Waals surface area contributed by atoms with Gasteiger partial charge in [0.2, 0.25) is 0 Å². The second kappa shape index (κ2) is 6.96. The minimum absolute atomic E-state index is 0.154. The minimum atomic E-state index is -0.428. The molecule has 0 atom stereocenters.